The lowest BCUT2D eigenvalue weighted by Crippen LogP contribution is -2.47. The zero-order valence-electron chi connectivity index (χ0n) is 13.1. The third-order valence-corrected chi connectivity index (χ3v) is 3.55. The number of nitrogens with zero attached hydrogens (tertiary/aromatic N) is 3. The minimum absolute atomic E-state index is 0.642. The minimum atomic E-state index is 0.642. The van der Waals surface area contributed by atoms with Crippen molar-refractivity contribution in [2.45, 2.75) is 20.3 Å². The van der Waals surface area contributed by atoms with Gasteiger partial charge < -0.3 is 20.4 Å². The fourth-order valence-corrected chi connectivity index (χ4v) is 2.27. The molecule has 112 valence electrons. The third-order valence-electron chi connectivity index (χ3n) is 3.55. The van der Waals surface area contributed by atoms with E-state index in [0.717, 1.165) is 25.5 Å². The van der Waals surface area contributed by atoms with E-state index in [0.29, 0.717) is 5.92 Å². The van der Waals surface area contributed by atoms with Gasteiger partial charge in [-0.15, -0.1) is 0 Å². The maximum absolute atomic E-state index is 4.23. The summed E-state index contributed by atoms with van der Waals surface area (Å²) in [6, 6.07) is 0. The monoisotopic (exact) mass is 269 g/mol. The highest BCUT2D eigenvalue weighted by molar-refractivity contribution is 5.79. The van der Waals surface area contributed by atoms with Crippen LogP contribution in [0.3, 0.4) is 0 Å². The molecule has 0 bridgehead atoms. The van der Waals surface area contributed by atoms with E-state index < -0.39 is 0 Å². The van der Waals surface area contributed by atoms with Crippen LogP contribution in [0.1, 0.15) is 20.3 Å². The Morgan fingerprint density at radius 1 is 1.21 bits per heavy atom. The molecule has 1 saturated heterocycles. The Morgan fingerprint density at radius 2 is 1.89 bits per heavy atom. The summed E-state index contributed by atoms with van der Waals surface area (Å²) in [6.07, 6.45) is 1.12. The van der Waals surface area contributed by atoms with Crippen molar-refractivity contribution in [3.05, 3.63) is 0 Å². The highest BCUT2D eigenvalue weighted by Crippen LogP contribution is 2.03. The molecule has 1 heterocycles. The van der Waals surface area contributed by atoms with E-state index in [1.54, 1.807) is 0 Å². The average Bonchev–Trinajstić information content (AvgIpc) is 2.42. The van der Waals surface area contributed by atoms with Crippen molar-refractivity contribution in [1.29, 1.82) is 0 Å². The molecule has 2 N–H and O–H groups in total. The number of guanidine groups is 1. The van der Waals surface area contributed by atoms with Crippen molar-refractivity contribution in [3.8, 4) is 0 Å². The van der Waals surface area contributed by atoms with Crippen LogP contribution in [-0.2, 0) is 0 Å². The first-order valence-corrected chi connectivity index (χ1v) is 7.51. The van der Waals surface area contributed by atoms with Crippen LogP contribution in [-0.4, -0.2) is 75.7 Å². The predicted octanol–water partition coefficient (Wildman–Crippen LogP) is 0.445. The van der Waals surface area contributed by atoms with Crippen molar-refractivity contribution in [2.24, 2.45) is 10.9 Å². The molecule has 1 atom stereocenters. The van der Waals surface area contributed by atoms with E-state index in [1.807, 2.05) is 7.05 Å². The highest BCUT2D eigenvalue weighted by atomic mass is 15.2. The minimum Gasteiger partial charge on any atom is -0.356 e. The highest BCUT2D eigenvalue weighted by Gasteiger charge is 2.16. The maximum Gasteiger partial charge on any atom is 0.190 e. The Balaban J connectivity index is 2.18. The van der Waals surface area contributed by atoms with Gasteiger partial charge in [0.15, 0.2) is 5.96 Å². The molecular weight excluding hydrogens is 238 g/mol. The van der Waals surface area contributed by atoms with Crippen LogP contribution < -0.4 is 10.6 Å². The number of hydrogen-bond acceptors (Lipinski definition) is 3. The Morgan fingerprint density at radius 3 is 2.47 bits per heavy atom. The Bertz CT molecular complexity index is 259. The van der Waals surface area contributed by atoms with Gasteiger partial charge in [-0.1, -0.05) is 13.8 Å². The second kappa shape index (κ2) is 9.15. The topological polar surface area (TPSA) is 42.9 Å². The molecule has 0 aromatic carbocycles. The van der Waals surface area contributed by atoms with Gasteiger partial charge in [-0.05, 0) is 19.4 Å². The van der Waals surface area contributed by atoms with E-state index >= 15 is 0 Å². The number of nitrogens with one attached hydrogen (secondary N) is 2. The standard InChI is InChI=1S/C14H31N5/c1-5-6-16-14(15-3)17-11-13(2)12-19-9-7-18(4)8-10-19/h13H,5-12H2,1-4H3,(H2,15,16,17). The van der Waals surface area contributed by atoms with Gasteiger partial charge in [-0.2, -0.15) is 0 Å². The van der Waals surface area contributed by atoms with Crippen molar-refractivity contribution in [1.82, 2.24) is 20.4 Å². The van der Waals surface area contributed by atoms with Gasteiger partial charge in [-0.3, -0.25) is 4.99 Å². The lowest BCUT2D eigenvalue weighted by molar-refractivity contribution is 0.139. The number of piperazine rings is 1. The van der Waals surface area contributed by atoms with E-state index in [-0.39, 0.29) is 0 Å². The molecule has 1 fully saturated rings. The maximum atomic E-state index is 4.23. The van der Waals surface area contributed by atoms with Gasteiger partial charge in [-0.25, -0.2) is 0 Å². The summed E-state index contributed by atoms with van der Waals surface area (Å²) >= 11 is 0. The molecule has 0 spiro atoms. The van der Waals surface area contributed by atoms with Crippen molar-refractivity contribution in [3.63, 3.8) is 0 Å². The van der Waals surface area contributed by atoms with Crippen molar-refractivity contribution >= 4 is 5.96 Å². The summed E-state index contributed by atoms with van der Waals surface area (Å²) in [7, 11) is 4.03. The molecule has 19 heavy (non-hydrogen) atoms. The van der Waals surface area contributed by atoms with E-state index in [4.69, 9.17) is 0 Å². The molecule has 5 heteroatoms. The zero-order valence-corrected chi connectivity index (χ0v) is 13.1. The first-order chi connectivity index (χ1) is 9.15. The molecule has 0 radical (unpaired) electrons. The van der Waals surface area contributed by atoms with Gasteiger partial charge in [0.2, 0.25) is 0 Å². The van der Waals surface area contributed by atoms with Crippen molar-refractivity contribution in [2.75, 3.05) is 59.9 Å². The molecule has 1 aliphatic rings. The first-order valence-electron chi connectivity index (χ1n) is 7.51. The third kappa shape index (κ3) is 6.78. The lowest BCUT2D eigenvalue weighted by Gasteiger charge is -2.34. The fourth-order valence-electron chi connectivity index (χ4n) is 2.27. The summed E-state index contributed by atoms with van der Waals surface area (Å²) in [6.45, 7) is 12.4. The summed E-state index contributed by atoms with van der Waals surface area (Å²) in [4.78, 5) is 9.19. The zero-order chi connectivity index (χ0) is 14.1. The predicted molar refractivity (Wildman–Crippen MR) is 82.8 cm³/mol. The van der Waals surface area contributed by atoms with Gasteiger partial charge in [0.1, 0.15) is 0 Å². The van der Waals surface area contributed by atoms with Gasteiger partial charge in [0.05, 0.1) is 0 Å². The largest absolute Gasteiger partial charge is 0.356 e. The van der Waals surface area contributed by atoms with E-state index in [2.05, 4.69) is 46.3 Å². The van der Waals surface area contributed by atoms with Crippen LogP contribution in [0.5, 0.6) is 0 Å². The van der Waals surface area contributed by atoms with Gasteiger partial charge in [0, 0.05) is 52.9 Å². The molecular formula is C14H31N5. The van der Waals surface area contributed by atoms with E-state index in [1.165, 1.54) is 32.7 Å². The number of rotatable bonds is 6. The van der Waals surface area contributed by atoms with E-state index in [9.17, 15) is 0 Å². The summed E-state index contributed by atoms with van der Waals surface area (Å²) in [5.74, 6) is 1.57. The molecule has 0 aromatic rings. The molecule has 0 amide bonds. The van der Waals surface area contributed by atoms with Crippen LogP contribution in [0.4, 0.5) is 0 Å². The molecule has 0 saturated carbocycles. The lowest BCUT2D eigenvalue weighted by atomic mass is 10.1. The number of likely N-dealkylation sites (N-methyl/N-ethyl adjacent to an activating group) is 1. The Kier molecular flexibility index (Phi) is 7.82. The van der Waals surface area contributed by atoms with Crippen LogP contribution in [0.2, 0.25) is 0 Å². The average molecular weight is 269 g/mol. The second-order valence-electron chi connectivity index (χ2n) is 5.59. The van der Waals surface area contributed by atoms with Crippen LogP contribution in [0.15, 0.2) is 4.99 Å². The summed E-state index contributed by atoms with van der Waals surface area (Å²) < 4.78 is 0. The van der Waals surface area contributed by atoms with Crippen LogP contribution in [0.25, 0.3) is 0 Å². The van der Waals surface area contributed by atoms with Crippen LogP contribution >= 0.6 is 0 Å². The summed E-state index contributed by atoms with van der Waals surface area (Å²) in [5, 5.41) is 6.71. The van der Waals surface area contributed by atoms with Gasteiger partial charge in [0.25, 0.3) is 0 Å². The van der Waals surface area contributed by atoms with Gasteiger partial charge >= 0.3 is 0 Å². The number of hydrogen-bond donors (Lipinski definition) is 2. The molecule has 1 unspecified atom stereocenters. The molecule has 1 rings (SSSR count). The second-order valence-corrected chi connectivity index (χ2v) is 5.59. The Hall–Kier alpha value is -0.810. The smallest absolute Gasteiger partial charge is 0.190 e. The SMILES string of the molecule is CCCNC(=NC)NCC(C)CN1CCN(C)CC1. The number of aliphatic imine (C=N–C) groups is 1. The fraction of sp³-hybridized carbons (Fsp3) is 0.929. The van der Waals surface area contributed by atoms with Crippen LogP contribution in [0, 0.1) is 5.92 Å². The molecule has 5 nitrogen and oxygen atoms in total. The molecule has 1 aliphatic heterocycles. The first kappa shape index (κ1) is 16.2. The Labute approximate surface area is 118 Å². The molecule has 0 aromatic heterocycles. The quantitative estimate of drug-likeness (QED) is 0.543. The van der Waals surface area contributed by atoms with Crippen molar-refractivity contribution < 1.29 is 0 Å². The summed E-state index contributed by atoms with van der Waals surface area (Å²) in [5.41, 5.74) is 0. The normalized spacial score (nSPS) is 20.3. The molecule has 0 aliphatic carbocycles.